The van der Waals surface area contributed by atoms with E-state index in [-0.39, 0.29) is 56.3 Å². The van der Waals surface area contributed by atoms with Crippen LogP contribution in [0.5, 0.6) is 11.5 Å². The first-order valence-electron chi connectivity index (χ1n) is 17.3. The first-order valence-corrected chi connectivity index (χ1v) is 18.4. The molecule has 11 nitrogen and oxygen atoms in total. The molecule has 12 heteroatoms. The normalized spacial score (nSPS) is 12.8. The number of hydrogen-bond acceptors (Lipinski definition) is 9. The maximum absolute atomic E-state index is 13.6. The average molecular weight is 729 g/mol. The molecule has 0 fully saturated rings. The van der Waals surface area contributed by atoms with Gasteiger partial charge in [-0.05, 0) is 74.7 Å². The maximum Gasteiger partial charge on any atom is 0.259 e. The van der Waals surface area contributed by atoms with Gasteiger partial charge in [0.05, 0.1) is 52.6 Å². The summed E-state index contributed by atoms with van der Waals surface area (Å²) in [6.45, 7) is 8.29. The molecule has 1 N–H and O–H groups in total. The van der Waals surface area contributed by atoms with Crippen LogP contribution in [0.25, 0.3) is 0 Å². The minimum Gasteiger partial charge on any atom is -0.497 e. The Morgan fingerprint density at radius 2 is 1.37 bits per heavy atom. The van der Waals surface area contributed by atoms with Crippen molar-refractivity contribution < 1.29 is 28.1 Å². The van der Waals surface area contributed by atoms with E-state index in [4.69, 9.17) is 23.3 Å². The number of nitrogens with zero attached hydrogens (tertiary/aromatic N) is 3. The number of amides is 1. The molecule has 0 spiro atoms. The summed E-state index contributed by atoms with van der Waals surface area (Å²) in [7, 11) is 1.63. The smallest absolute Gasteiger partial charge is 0.259 e. The van der Waals surface area contributed by atoms with Crippen LogP contribution >= 0.6 is 8.53 Å². The van der Waals surface area contributed by atoms with Gasteiger partial charge in [-0.15, -0.1) is 0 Å². The third-order valence-electron chi connectivity index (χ3n) is 8.30. The van der Waals surface area contributed by atoms with Crippen molar-refractivity contribution in [3.8, 4) is 17.6 Å². The fourth-order valence-electron chi connectivity index (χ4n) is 5.92. The molecule has 0 radical (unpaired) electrons. The van der Waals surface area contributed by atoms with Crippen LogP contribution in [-0.4, -0.2) is 67.3 Å². The van der Waals surface area contributed by atoms with E-state index in [0.29, 0.717) is 11.5 Å². The van der Waals surface area contributed by atoms with Crippen molar-refractivity contribution in [1.29, 1.82) is 5.26 Å². The zero-order valence-corrected chi connectivity index (χ0v) is 31.6. The van der Waals surface area contributed by atoms with Crippen LogP contribution in [-0.2, 0) is 30.7 Å². The highest BCUT2D eigenvalue weighted by Crippen LogP contribution is 2.46. The van der Waals surface area contributed by atoms with Crippen LogP contribution in [0.1, 0.15) is 50.8 Å². The van der Waals surface area contributed by atoms with Crippen LogP contribution in [0.4, 0.5) is 0 Å². The van der Waals surface area contributed by atoms with E-state index < -0.39 is 20.2 Å². The number of pyridine rings is 1. The Kier molecular flexibility index (Phi) is 15.4. The highest BCUT2D eigenvalue weighted by molar-refractivity contribution is 7.44. The third kappa shape index (κ3) is 10.5. The van der Waals surface area contributed by atoms with Gasteiger partial charge in [-0.25, -0.2) is 4.67 Å². The fraction of sp³-hybridized carbons (Fsp3) is 0.375. The number of hydrogen-bond donors (Lipinski definition) is 1. The molecule has 0 saturated carbocycles. The van der Waals surface area contributed by atoms with Crippen molar-refractivity contribution in [2.24, 2.45) is 0 Å². The molecule has 4 rings (SSSR count). The molecule has 1 aromatic heterocycles. The molecular formula is C40H49N4O7P. The largest absolute Gasteiger partial charge is 0.497 e. The number of nitriles is 1. The molecule has 1 unspecified atom stereocenters. The van der Waals surface area contributed by atoms with Gasteiger partial charge in [0.25, 0.3) is 14.1 Å². The maximum atomic E-state index is 13.6. The molecule has 0 saturated heterocycles. The van der Waals surface area contributed by atoms with E-state index in [9.17, 15) is 14.9 Å². The van der Waals surface area contributed by atoms with E-state index in [1.165, 1.54) is 10.6 Å². The third-order valence-corrected chi connectivity index (χ3v) is 10.4. The van der Waals surface area contributed by atoms with Crippen molar-refractivity contribution in [2.75, 3.05) is 34.0 Å². The van der Waals surface area contributed by atoms with Crippen LogP contribution in [0.2, 0.25) is 0 Å². The molecule has 1 amide bonds. The van der Waals surface area contributed by atoms with Gasteiger partial charge >= 0.3 is 0 Å². The summed E-state index contributed by atoms with van der Waals surface area (Å²) in [6, 6.07) is 31.6. The van der Waals surface area contributed by atoms with Gasteiger partial charge in [-0.2, -0.15) is 5.26 Å². The molecule has 52 heavy (non-hydrogen) atoms. The lowest BCUT2D eigenvalue weighted by molar-refractivity contribution is -0.123. The summed E-state index contributed by atoms with van der Waals surface area (Å²) in [6.07, 6.45) is 1.79. The second-order valence-corrected chi connectivity index (χ2v) is 14.0. The van der Waals surface area contributed by atoms with E-state index in [1.807, 2.05) is 78.9 Å². The Balaban J connectivity index is 1.76. The number of ether oxygens (including phenoxy) is 3. The summed E-state index contributed by atoms with van der Waals surface area (Å²) in [5.74, 6) is 1.00. The number of methoxy groups -OCH3 is 2. The molecule has 2 atom stereocenters. The van der Waals surface area contributed by atoms with Crippen molar-refractivity contribution >= 4 is 14.4 Å². The van der Waals surface area contributed by atoms with E-state index >= 15 is 0 Å². The Morgan fingerprint density at radius 1 is 0.808 bits per heavy atom. The number of benzene rings is 3. The van der Waals surface area contributed by atoms with Crippen LogP contribution < -0.4 is 20.3 Å². The lowest BCUT2D eigenvalue weighted by Gasteiger charge is -2.38. The summed E-state index contributed by atoms with van der Waals surface area (Å²) >= 11 is 0. The Morgan fingerprint density at radius 3 is 1.88 bits per heavy atom. The first kappa shape index (κ1) is 40.2. The molecule has 276 valence electrons. The van der Waals surface area contributed by atoms with Gasteiger partial charge < -0.3 is 33.1 Å². The Bertz CT molecular complexity index is 1720. The number of nitrogens with one attached hydrogen (secondary N) is 1. The average Bonchev–Trinajstić information content (AvgIpc) is 3.15. The molecule has 3 aromatic carbocycles. The Labute approximate surface area is 308 Å². The molecule has 0 aliphatic carbocycles. The number of rotatable bonds is 20. The molecule has 4 aromatic rings. The van der Waals surface area contributed by atoms with Gasteiger partial charge in [0, 0.05) is 24.3 Å². The molecule has 0 bridgehead atoms. The zero-order chi connectivity index (χ0) is 37.5. The minimum atomic E-state index is -1.61. The first-order chi connectivity index (χ1) is 25.1. The molecule has 0 aliphatic rings. The zero-order valence-electron chi connectivity index (χ0n) is 30.7. The highest BCUT2D eigenvalue weighted by atomic mass is 31.2. The minimum absolute atomic E-state index is 0.00705. The molecule has 1 heterocycles. The number of carbonyl (C=O) groups excluding carboxylic acids is 1. The second-order valence-electron chi connectivity index (χ2n) is 12.6. The van der Waals surface area contributed by atoms with Crippen LogP contribution in [0.3, 0.4) is 0 Å². The topological polar surface area (TPSA) is 124 Å². The van der Waals surface area contributed by atoms with Crippen molar-refractivity contribution in [2.45, 2.75) is 64.4 Å². The SMILES string of the molecule is COc1ccc(C(OC[C@H](COP(OCCC#N)N(C(C)C)C(C)C)NC(=O)Cn2ccccc2=O)(c2ccccc2)c2ccc(OC)cc2)cc1. The molecule has 0 aliphatic heterocycles. The highest BCUT2D eigenvalue weighted by Gasteiger charge is 2.39. The predicted molar refractivity (Wildman–Crippen MR) is 202 cm³/mol. The molecular weight excluding hydrogens is 679 g/mol. The summed E-state index contributed by atoms with van der Waals surface area (Å²) in [5, 5.41) is 12.3. The lowest BCUT2D eigenvalue weighted by atomic mass is 9.80. The number of carbonyl (C=O) groups is 1. The standard InChI is InChI=1S/C40H49N4O7P/c1-30(2)44(31(3)4)52(50-26-12-24-41)51-29-35(42-38(45)27-43-25-11-10-15-39(43)46)28-49-40(32-13-8-7-9-14-32,33-16-20-36(47-5)21-17-33)34-18-22-37(48-6)23-19-34/h7-11,13-23,25,30-31,35H,12,26-29H2,1-6H3,(H,42,45)/t35-,52?/m1/s1. The van der Waals surface area contributed by atoms with Gasteiger partial charge in [0.15, 0.2) is 0 Å². The fourth-order valence-corrected chi connectivity index (χ4v) is 7.57. The second kappa shape index (κ2) is 19.9. The van der Waals surface area contributed by atoms with Crippen LogP contribution in [0, 0.1) is 11.3 Å². The lowest BCUT2D eigenvalue weighted by Crippen LogP contribution is -2.46. The van der Waals surface area contributed by atoms with E-state index in [1.54, 1.807) is 32.5 Å². The van der Waals surface area contributed by atoms with Crippen LogP contribution in [0.15, 0.2) is 108 Å². The monoisotopic (exact) mass is 728 g/mol. The summed E-state index contributed by atoms with van der Waals surface area (Å²) < 4.78 is 34.2. The van der Waals surface area contributed by atoms with Gasteiger partial charge in [0.1, 0.15) is 23.6 Å². The quantitative estimate of drug-likeness (QED) is 0.0605. The predicted octanol–water partition coefficient (Wildman–Crippen LogP) is 6.65. The van der Waals surface area contributed by atoms with E-state index in [0.717, 1.165) is 16.7 Å². The summed E-state index contributed by atoms with van der Waals surface area (Å²) in [4.78, 5) is 26.1. The van der Waals surface area contributed by atoms with Gasteiger partial charge in [-0.3, -0.25) is 9.59 Å². The Hall–Kier alpha value is -4.56. The van der Waals surface area contributed by atoms with Crippen molar-refractivity contribution in [1.82, 2.24) is 14.6 Å². The van der Waals surface area contributed by atoms with Crippen molar-refractivity contribution in [3.05, 3.63) is 130 Å². The van der Waals surface area contributed by atoms with Crippen molar-refractivity contribution in [3.63, 3.8) is 0 Å². The van der Waals surface area contributed by atoms with Gasteiger partial charge in [0.2, 0.25) is 5.91 Å². The number of aromatic nitrogens is 1. The van der Waals surface area contributed by atoms with E-state index in [2.05, 4.69) is 43.8 Å². The van der Waals surface area contributed by atoms with Gasteiger partial charge in [-0.1, -0.05) is 60.7 Å². The summed E-state index contributed by atoms with van der Waals surface area (Å²) in [5.41, 5.74) is 1.09.